The van der Waals surface area contributed by atoms with E-state index in [4.69, 9.17) is 11.6 Å². The van der Waals surface area contributed by atoms with E-state index in [-0.39, 0.29) is 5.38 Å². The Labute approximate surface area is 92.3 Å². The van der Waals surface area contributed by atoms with Crippen LogP contribution in [-0.2, 0) is 10.0 Å². The Morgan fingerprint density at radius 1 is 1.57 bits per heavy atom. The van der Waals surface area contributed by atoms with E-state index in [1.165, 1.54) is 15.6 Å². The van der Waals surface area contributed by atoms with Gasteiger partial charge in [-0.15, -0.1) is 22.9 Å². The van der Waals surface area contributed by atoms with E-state index in [1.807, 2.05) is 0 Å². The molecule has 1 saturated heterocycles. The summed E-state index contributed by atoms with van der Waals surface area (Å²) in [5.74, 6) is 0. The zero-order valence-electron chi connectivity index (χ0n) is 7.39. The maximum absolute atomic E-state index is 11.9. The fourth-order valence-corrected chi connectivity index (χ4v) is 4.43. The second-order valence-electron chi connectivity index (χ2n) is 3.18. The number of halogens is 1. The van der Waals surface area contributed by atoms with Crippen LogP contribution in [-0.4, -0.2) is 31.2 Å². The van der Waals surface area contributed by atoms with E-state index in [0.29, 0.717) is 17.3 Å². The van der Waals surface area contributed by atoms with Gasteiger partial charge in [-0.1, -0.05) is 6.07 Å². The van der Waals surface area contributed by atoms with Gasteiger partial charge in [0.25, 0.3) is 10.0 Å². The summed E-state index contributed by atoms with van der Waals surface area (Å²) in [7, 11) is -3.26. The van der Waals surface area contributed by atoms with Gasteiger partial charge >= 0.3 is 0 Å². The van der Waals surface area contributed by atoms with Gasteiger partial charge in [0.15, 0.2) is 0 Å². The average Bonchev–Trinajstić information content (AvgIpc) is 2.72. The minimum absolute atomic E-state index is 0.0373. The first-order chi connectivity index (χ1) is 6.60. The molecule has 2 rings (SSSR count). The number of thiophene rings is 1. The van der Waals surface area contributed by atoms with Gasteiger partial charge in [-0.3, -0.25) is 0 Å². The zero-order valence-corrected chi connectivity index (χ0v) is 9.78. The highest BCUT2D eigenvalue weighted by Gasteiger charge is 2.31. The topological polar surface area (TPSA) is 37.4 Å². The van der Waals surface area contributed by atoms with Crippen molar-refractivity contribution in [2.75, 3.05) is 13.1 Å². The van der Waals surface area contributed by atoms with Gasteiger partial charge in [-0.05, 0) is 17.9 Å². The van der Waals surface area contributed by atoms with Gasteiger partial charge in [-0.25, -0.2) is 8.42 Å². The highest BCUT2D eigenvalue weighted by Crippen LogP contribution is 2.25. The fourth-order valence-electron chi connectivity index (χ4n) is 1.44. The molecule has 0 aliphatic carbocycles. The summed E-state index contributed by atoms with van der Waals surface area (Å²) >= 11 is 7.12. The van der Waals surface area contributed by atoms with Crippen LogP contribution in [0.5, 0.6) is 0 Å². The normalized spacial score (nSPS) is 24.2. The van der Waals surface area contributed by atoms with Crippen molar-refractivity contribution in [1.82, 2.24) is 4.31 Å². The summed E-state index contributed by atoms with van der Waals surface area (Å²) in [5.41, 5.74) is 0. The lowest BCUT2D eigenvalue weighted by atomic mass is 10.4. The van der Waals surface area contributed by atoms with Crippen LogP contribution in [0.25, 0.3) is 0 Å². The van der Waals surface area contributed by atoms with Crippen molar-refractivity contribution in [3.63, 3.8) is 0 Å². The van der Waals surface area contributed by atoms with Gasteiger partial charge < -0.3 is 0 Å². The standard InChI is InChI=1S/C8H10ClNO2S2/c9-7-3-4-10(6-7)14(11,12)8-2-1-5-13-8/h1-2,5,7H,3-4,6H2. The molecule has 6 heteroatoms. The van der Waals surface area contributed by atoms with Crippen molar-refractivity contribution < 1.29 is 8.42 Å². The van der Waals surface area contributed by atoms with E-state index in [1.54, 1.807) is 17.5 Å². The summed E-state index contributed by atoms with van der Waals surface area (Å²) in [4.78, 5) is 0. The highest BCUT2D eigenvalue weighted by atomic mass is 35.5. The summed E-state index contributed by atoms with van der Waals surface area (Å²) in [6.07, 6.45) is 0.742. The van der Waals surface area contributed by atoms with Crippen LogP contribution in [0.15, 0.2) is 21.7 Å². The molecule has 3 nitrogen and oxygen atoms in total. The van der Waals surface area contributed by atoms with Crippen molar-refractivity contribution in [1.29, 1.82) is 0 Å². The van der Waals surface area contributed by atoms with Crippen LogP contribution in [0, 0.1) is 0 Å². The molecule has 0 radical (unpaired) electrons. The molecule has 1 atom stereocenters. The molecule has 2 heterocycles. The van der Waals surface area contributed by atoms with E-state index in [9.17, 15) is 8.42 Å². The predicted octanol–water partition coefficient (Wildman–Crippen LogP) is 1.75. The van der Waals surface area contributed by atoms with Gasteiger partial charge in [-0.2, -0.15) is 4.31 Å². The molecule has 1 aliphatic rings. The summed E-state index contributed by atoms with van der Waals surface area (Å²) < 4.78 is 25.7. The third-order valence-corrected chi connectivity index (χ3v) is 5.78. The van der Waals surface area contributed by atoms with Crippen molar-refractivity contribution in [3.05, 3.63) is 17.5 Å². The Bertz CT molecular complexity index is 401. The number of sulfonamides is 1. The molecule has 1 aliphatic heterocycles. The Morgan fingerprint density at radius 2 is 2.36 bits per heavy atom. The number of hydrogen-bond acceptors (Lipinski definition) is 3. The third-order valence-electron chi connectivity index (χ3n) is 2.18. The molecule has 0 N–H and O–H groups in total. The average molecular weight is 252 g/mol. The molecule has 0 spiro atoms. The molecule has 0 amide bonds. The molecule has 78 valence electrons. The maximum Gasteiger partial charge on any atom is 0.252 e. The number of hydrogen-bond donors (Lipinski definition) is 0. The van der Waals surface area contributed by atoms with Gasteiger partial charge in [0.05, 0.1) is 0 Å². The summed E-state index contributed by atoms with van der Waals surface area (Å²) in [6.45, 7) is 0.968. The minimum atomic E-state index is -3.26. The van der Waals surface area contributed by atoms with Gasteiger partial charge in [0.2, 0.25) is 0 Å². The lowest BCUT2D eigenvalue weighted by Gasteiger charge is -2.13. The van der Waals surface area contributed by atoms with E-state index < -0.39 is 10.0 Å². The van der Waals surface area contributed by atoms with Gasteiger partial charge in [0.1, 0.15) is 4.21 Å². The molecular weight excluding hydrogens is 242 g/mol. The monoisotopic (exact) mass is 251 g/mol. The van der Waals surface area contributed by atoms with Crippen LogP contribution >= 0.6 is 22.9 Å². The number of alkyl halides is 1. The first-order valence-corrected chi connectivity index (χ1v) is 7.04. The number of nitrogens with zero attached hydrogens (tertiary/aromatic N) is 1. The quantitative estimate of drug-likeness (QED) is 0.751. The first kappa shape index (κ1) is 10.4. The van der Waals surface area contributed by atoms with Crippen LogP contribution < -0.4 is 0 Å². The van der Waals surface area contributed by atoms with Crippen molar-refractivity contribution >= 4 is 33.0 Å². The third kappa shape index (κ3) is 1.82. The highest BCUT2D eigenvalue weighted by molar-refractivity contribution is 7.91. The molecule has 14 heavy (non-hydrogen) atoms. The molecule has 1 aromatic rings. The second-order valence-corrected chi connectivity index (χ2v) is 6.91. The molecule has 0 aromatic carbocycles. The molecule has 0 saturated carbocycles. The largest absolute Gasteiger partial charge is 0.252 e. The van der Waals surface area contributed by atoms with E-state index in [2.05, 4.69) is 0 Å². The molecule has 1 aromatic heterocycles. The molecule has 0 bridgehead atoms. The van der Waals surface area contributed by atoms with Crippen LogP contribution in [0.3, 0.4) is 0 Å². The molecule has 1 fully saturated rings. The Hall–Kier alpha value is -0.100. The summed E-state index contributed by atoms with van der Waals surface area (Å²) in [6, 6.07) is 3.37. The van der Waals surface area contributed by atoms with Crippen LogP contribution in [0.2, 0.25) is 0 Å². The van der Waals surface area contributed by atoms with E-state index >= 15 is 0 Å². The van der Waals surface area contributed by atoms with Crippen molar-refractivity contribution in [2.24, 2.45) is 0 Å². The minimum Gasteiger partial charge on any atom is -0.206 e. The second kappa shape index (κ2) is 3.81. The Kier molecular flexibility index (Phi) is 2.83. The zero-order chi connectivity index (χ0) is 10.2. The lowest BCUT2D eigenvalue weighted by Crippen LogP contribution is -2.28. The smallest absolute Gasteiger partial charge is 0.206 e. The van der Waals surface area contributed by atoms with Gasteiger partial charge in [0, 0.05) is 18.5 Å². The van der Waals surface area contributed by atoms with Crippen molar-refractivity contribution in [2.45, 2.75) is 16.0 Å². The summed E-state index contributed by atoms with van der Waals surface area (Å²) in [5, 5.41) is 1.73. The first-order valence-electron chi connectivity index (χ1n) is 4.28. The molecule has 1 unspecified atom stereocenters. The Balaban J connectivity index is 2.26. The van der Waals surface area contributed by atoms with E-state index in [0.717, 1.165) is 6.42 Å². The van der Waals surface area contributed by atoms with Crippen LogP contribution in [0.4, 0.5) is 0 Å². The van der Waals surface area contributed by atoms with Crippen LogP contribution in [0.1, 0.15) is 6.42 Å². The molecular formula is C8H10ClNO2S2. The SMILES string of the molecule is O=S(=O)(c1cccs1)N1CCC(Cl)C1. The Morgan fingerprint density at radius 3 is 2.86 bits per heavy atom. The lowest BCUT2D eigenvalue weighted by molar-refractivity contribution is 0.479. The number of rotatable bonds is 2. The predicted molar refractivity (Wildman–Crippen MR) is 57.3 cm³/mol. The van der Waals surface area contributed by atoms with Crippen molar-refractivity contribution in [3.8, 4) is 0 Å². The maximum atomic E-state index is 11.9. The fraction of sp³-hybridized carbons (Fsp3) is 0.500.